The molecule has 0 bridgehead atoms. The van der Waals surface area contributed by atoms with Gasteiger partial charge in [-0.2, -0.15) is 0 Å². The third kappa shape index (κ3) is 3.55. The molecule has 0 fully saturated rings. The fourth-order valence-corrected chi connectivity index (χ4v) is 2.94. The number of carbonyl (C=O) groups excluding carboxylic acids is 1. The van der Waals surface area contributed by atoms with Crippen LogP contribution >= 0.6 is 0 Å². The van der Waals surface area contributed by atoms with Gasteiger partial charge >= 0.3 is 0 Å². The molecule has 1 N–H and O–H groups in total. The summed E-state index contributed by atoms with van der Waals surface area (Å²) in [5.74, 6) is 0.416. The van der Waals surface area contributed by atoms with Gasteiger partial charge in [0, 0.05) is 11.3 Å². The van der Waals surface area contributed by atoms with Crippen molar-refractivity contribution in [1.29, 1.82) is 0 Å². The first kappa shape index (κ1) is 17.7. The number of amides is 1. The van der Waals surface area contributed by atoms with Gasteiger partial charge in [-0.25, -0.2) is 9.67 Å². The van der Waals surface area contributed by atoms with Crippen LogP contribution in [0.25, 0.3) is 17.1 Å². The van der Waals surface area contributed by atoms with Crippen LogP contribution in [-0.4, -0.2) is 20.7 Å². The van der Waals surface area contributed by atoms with E-state index in [4.69, 9.17) is 0 Å². The Bertz CT molecular complexity index is 1120. The minimum absolute atomic E-state index is 0.127. The van der Waals surface area contributed by atoms with Crippen LogP contribution in [-0.2, 0) is 0 Å². The molecule has 0 unspecified atom stereocenters. The SMILES string of the molecule is Cc1ccc(-n2nc(C(=O)Nc3ccccc3C)nc2-c2ccccc2)cc1. The molecule has 4 rings (SSSR count). The van der Waals surface area contributed by atoms with Crippen LogP contribution in [0.5, 0.6) is 0 Å². The van der Waals surface area contributed by atoms with E-state index >= 15 is 0 Å². The van der Waals surface area contributed by atoms with Crippen LogP contribution in [0.4, 0.5) is 5.69 Å². The lowest BCUT2D eigenvalue weighted by molar-refractivity contribution is 0.101. The van der Waals surface area contributed by atoms with Crippen molar-refractivity contribution in [2.75, 3.05) is 5.32 Å². The molecule has 0 saturated carbocycles. The van der Waals surface area contributed by atoms with E-state index in [2.05, 4.69) is 15.4 Å². The second-order valence-electron chi connectivity index (χ2n) is 6.64. The highest BCUT2D eigenvalue weighted by Gasteiger charge is 2.19. The second kappa shape index (κ2) is 7.48. The predicted octanol–water partition coefficient (Wildman–Crippen LogP) is 4.80. The second-order valence-corrected chi connectivity index (χ2v) is 6.64. The Balaban J connectivity index is 1.76. The van der Waals surface area contributed by atoms with E-state index in [1.54, 1.807) is 4.68 Å². The molecular formula is C23H20N4O. The molecule has 5 heteroatoms. The fourth-order valence-electron chi connectivity index (χ4n) is 2.94. The molecule has 1 amide bonds. The largest absolute Gasteiger partial charge is 0.319 e. The molecule has 0 aliphatic heterocycles. The van der Waals surface area contributed by atoms with Gasteiger partial charge in [0.25, 0.3) is 5.91 Å². The minimum atomic E-state index is -0.336. The quantitative estimate of drug-likeness (QED) is 0.563. The summed E-state index contributed by atoms with van der Waals surface area (Å²) in [6.45, 7) is 3.98. The molecule has 5 nitrogen and oxygen atoms in total. The zero-order valence-electron chi connectivity index (χ0n) is 15.8. The van der Waals surface area contributed by atoms with E-state index in [0.29, 0.717) is 5.82 Å². The van der Waals surface area contributed by atoms with E-state index < -0.39 is 0 Å². The highest BCUT2D eigenvalue weighted by Crippen LogP contribution is 2.22. The van der Waals surface area contributed by atoms with Crippen molar-refractivity contribution in [3.8, 4) is 17.1 Å². The number of carbonyl (C=O) groups is 1. The third-order valence-electron chi connectivity index (χ3n) is 4.51. The lowest BCUT2D eigenvalue weighted by Gasteiger charge is -2.06. The summed E-state index contributed by atoms with van der Waals surface area (Å²) in [5.41, 5.74) is 4.64. The Hall–Kier alpha value is -3.73. The molecule has 1 heterocycles. The topological polar surface area (TPSA) is 59.8 Å². The van der Waals surface area contributed by atoms with Crippen LogP contribution in [0, 0.1) is 13.8 Å². The normalized spacial score (nSPS) is 10.6. The van der Waals surface area contributed by atoms with Crippen LogP contribution in [0.2, 0.25) is 0 Å². The van der Waals surface area contributed by atoms with Gasteiger partial charge in [0.2, 0.25) is 5.82 Å². The van der Waals surface area contributed by atoms with Crippen molar-refractivity contribution in [2.45, 2.75) is 13.8 Å². The van der Waals surface area contributed by atoms with E-state index in [0.717, 1.165) is 28.1 Å². The highest BCUT2D eigenvalue weighted by molar-refractivity contribution is 6.02. The van der Waals surface area contributed by atoms with Crippen LogP contribution < -0.4 is 5.32 Å². The number of hydrogen-bond donors (Lipinski definition) is 1. The summed E-state index contributed by atoms with van der Waals surface area (Å²) in [6, 6.07) is 25.3. The van der Waals surface area contributed by atoms with Gasteiger partial charge in [-0.05, 0) is 37.6 Å². The number of aromatic nitrogens is 3. The number of anilines is 1. The Morgan fingerprint density at radius 1 is 0.857 bits per heavy atom. The van der Waals surface area contributed by atoms with Gasteiger partial charge in [-0.3, -0.25) is 4.79 Å². The van der Waals surface area contributed by atoms with Crippen LogP contribution in [0.3, 0.4) is 0 Å². The van der Waals surface area contributed by atoms with E-state index in [1.807, 2.05) is 92.7 Å². The zero-order chi connectivity index (χ0) is 19.5. The molecule has 28 heavy (non-hydrogen) atoms. The van der Waals surface area contributed by atoms with Crippen LogP contribution in [0.15, 0.2) is 78.9 Å². The van der Waals surface area contributed by atoms with Gasteiger partial charge in [0.1, 0.15) is 0 Å². The van der Waals surface area contributed by atoms with Gasteiger partial charge < -0.3 is 5.32 Å². The standard InChI is InChI=1S/C23H20N4O/c1-16-12-14-19(15-13-16)27-22(18-9-4-3-5-10-18)25-21(26-27)23(28)24-20-11-7-6-8-17(20)2/h3-15H,1-2H3,(H,24,28). The lowest BCUT2D eigenvalue weighted by Crippen LogP contribution is -2.15. The molecule has 0 aliphatic rings. The molecule has 0 spiro atoms. The number of aryl methyl sites for hydroxylation is 2. The van der Waals surface area contributed by atoms with Crippen molar-refractivity contribution < 1.29 is 4.79 Å². The van der Waals surface area contributed by atoms with Crippen molar-refractivity contribution in [3.05, 3.63) is 95.8 Å². The van der Waals surface area contributed by atoms with Crippen molar-refractivity contribution in [3.63, 3.8) is 0 Å². The molecular weight excluding hydrogens is 348 g/mol. The summed E-state index contributed by atoms with van der Waals surface area (Å²) in [5, 5.41) is 7.41. The number of hydrogen-bond acceptors (Lipinski definition) is 3. The smallest absolute Gasteiger partial charge is 0.295 e. The lowest BCUT2D eigenvalue weighted by atomic mass is 10.2. The summed E-state index contributed by atoms with van der Waals surface area (Å²) in [6.07, 6.45) is 0. The van der Waals surface area contributed by atoms with E-state index in [-0.39, 0.29) is 11.7 Å². The maximum absolute atomic E-state index is 12.8. The number of nitrogens with zero attached hydrogens (tertiary/aromatic N) is 3. The first-order valence-electron chi connectivity index (χ1n) is 9.08. The summed E-state index contributed by atoms with van der Waals surface area (Å²) >= 11 is 0. The summed E-state index contributed by atoms with van der Waals surface area (Å²) < 4.78 is 1.71. The first-order chi connectivity index (χ1) is 13.6. The Kier molecular flexibility index (Phi) is 4.72. The van der Waals surface area contributed by atoms with Crippen LogP contribution in [0.1, 0.15) is 21.7 Å². The van der Waals surface area contributed by atoms with Crippen molar-refractivity contribution >= 4 is 11.6 Å². The number of rotatable bonds is 4. The maximum Gasteiger partial charge on any atom is 0.295 e. The van der Waals surface area contributed by atoms with Crippen molar-refractivity contribution in [2.24, 2.45) is 0 Å². The Morgan fingerprint density at radius 3 is 2.25 bits per heavy atom. The number of para-hydroxylation sites is 1. The minimum Gasteiger partial charge on any atom is -0.319 e. The van der Waals surface area contributed by atoms with E-state index in [1.165, 1.54) is 0 Å². The average molecular weight is 368 g/mol. The highest BCUT2D eigenvalue weighted by atomic mass is 16.2. The first-order valence-corrected chi connectivity index (χ1v) is 9.08. The van der Waals surface area contributed by atoms with E-state index in [9.17, 15) is 4.79 Å². The molecule has 0 saturated heterocycles. The van der Waals surface area contributed by atoms with Gasteiger partial charge in [-0.1, -0.05) is 66.2 Å². The molecule has 1 aromatic heterocycles. The zero-order valence-corrected chi connectivity index (χ0v) is 15.8. The molecule has 4 aromatic rings. The Labute approximate surface area is 163 Å². The summed E-state index contributed by atoms with van der Waals surface area (Å²) in [7, 11) is 0. The van der Waals surface area contributed by atoms with Crippen molar-refractivity contribution in [1.82, 2.24) is 14.8 Å². The monoisotopic (exact) mass is 368 g/mol. The van der Waals surface area contributed by atoms with Gasteiger partial charge in [-0.15, -0.1) is 5.10 Å². The third-order valence-corrected chi connectivity index (χ3v) is 4.51. The average Bonchev–Trinajstić information content (AvgIpc) is 3.16. The maximum atomic E-state index is 12.8. The predicted molar refractivity (Wildman–Crippen MR) is 111 cm³/mol. The molecule has 0 radical (unpaired) electrons. The molecule has 138 valence electrons. The number of benzene rings is 3. The molecule has 0 atom stereocenters. The fraction of sp³-hybridized carbons (Fsp3) is 0.0870. The number of nitrogens with one attached hydrogen (secondary N) is 1. The Morgan fingerprint density at radius 2 is 1.54 bits per heavy atom. The molecule has 3 aromatic carbocycles. The molecule has 0 aliphatic carbocycles. The summed E-state index contributed by atoms with van der Waals surface area (Å²) in [4.78, 5) is 17.3. The van der Waals surface area contributed by atoms with Gasteiger partial charge in [0.15, 0.2) is 5.82 Å². The van der Waals surface area contributed by atoms with Gasteiger partial charge in [0.05, 0.1) is 5.69 Å².